The normalized spacial score (nSPS) is 10.2. The molecule has 2 rings (SSSR count). The van der Waals surface area contributed by atoms with Crippen LogP contribution in [0.2, 0.25) is 0 Å². The van der Waals surface area contributed by atoms with Crippen LogP contribution in [0.1, 0.15) is 10.4 Å². The monoisotopic (exact) mass is 176 g/mol. The highest BCUT2D eigenvalue weighted by molar-refractivity contribution is 5.94. The number of carbonyl (C=O) groups is 1. The van der Waals surface area contributed by atoms with E-state index in [0.717, 1.165) is 10.8 Å². The number of rotatable bonds is 1. The Morgan fingerprint density at radius 2 is 2.08 bits per heavy atom. The number of hydrogen-bond donors (Lipinski definition) is 0. The number of carbonyl (C=O) groups excluding carboxylic acids is 1. The van der Waals surface area contributed by atoms with E-state index in [4.69, 9.17) is 4.42 Å². The van der Waals surface area contributed by atoms with Gasteiger partial charge in [-0.2, -0.15) is 0 Å². The van der Waals surface area contributed by atoms with E-state index in [1.807, 2.05) is 6.07 Å². The first-order chi connectivity index (χ1) is 6.31. The highest BCUT2D eigenvalue weighted by Crippen LogP contribution is 2.17. The van der Waals surface area contributed by atoms with E-state index < -0.39 is 0 Å². The second kappa shape index (κ2) is 2.94. The predicted octanol–water partition coefficient (Wildman–Crippen LogP) is 2.22. The molecule has 0 N–H and O–H groups in total. The fraction of sp³-hybridized carbons (Fsp3) is 0.100. The van der Waals surface area contributed by atoms with E-state index in [9.17, 15) is 4.79 Å². The van der Waals surface area contributed by atoms with Crippen LogP contribution in [0.3, 0.4) is 0 Å². The van der Waals surface area contributed by atoms with Crippen LogP contribution < -0.4 is 0 Å². The average molecular weight is 176 g/mol. The summed E-state index contributed by atoms with van der Waals surface area (Å²) in [6.45, 7) is 0. The van der Waals surface area contributed by atoms with Crippen LogP contribution in [0.25, 0.3) is 10.8 Å². The summed E-state index contributed by atoms with van der Waals surface area (Å²) in [5.41, 5.74) is 0.538. The molecule has 0 aliphatic rings. The third-order valence-electron chi connectivity index (χ3n) is 1.90. The SMILES string of the molecule is COC(=O)c1ccc2cocc2c1. The molecule has 1 aromatic heterocycles. The standard InChI is InChI=1S/C10H8O3/c1-12-10(11)7-2-3-8-5-13-6-9(8)4-7/h2-6H,1H3. The highest BCUT2D eigenvalue weighted by Gasteiger charge is 2.05. The van der Waals surface area contributed by atoms with Gasteiger partial charge in [0.15, 0.2) is 0 Å². The first-order valence-corrected chi connectivity index (χ1v) is 3.85. The van der Waals surface area contributed by atoms with Crippen LogP contribution in [0.4, 0.5) is 0 Å². The third-order valence-corrected chi connectivity index (χ3v) is 1.90. The molecule has 0 saturated carbocycles. The number of esters is 1. The minimum Gasteiger partial charge on any atom is -0.471 e. The smallest absolute Gasteiger partial charge is 0.337 e. The van der Waals surface area contributed by atoms with Gasteiger partial charge in [-0.1, -0.05) is 6.07 Å². The van der Waals surface area contributed by atoms with Gasteiger partial charge in [-0.25, -0.2) is 4.79 Å². The Hall–Kier alpha value is -1.77. The van der Waals surface area contributed by atoms with Gasteiger partial charge in [-0.3, -0.25) is 0 Å². The summed E-state index contributed by atoms with van der Waals surface area (Å²) in [7, 11) is 1.36. The molecule has 3 heteroatoms. The number of fused-ring (bicyclic) bond motifs is 1. The van der Waals surface area contributed by atoms with E-state index in [0.29, 0.717) is 5.56 Å². The Kier molecular flexibility index (Phi) is 1.77. The van der Waals surface area contributed by atoms with Crippen molar-refractivity contribution in [2.45, 2.75) is 0 Å². The maximum absolute atomic E-state index is 11.1. The molecule has 0 unspecified atom stereocenters. The van der Waals surface area contributed by atoms with Gasteiger partial charge in [-0.15, -0.1) is 0 Å². The van der Waals surface area contributed by atoms with Gasteiger partial charge in [0.25, 0.3) is 0 Å². The van der Waals surface area contributed by atoms with Crippen LogP contribution in [0.15, 0.2) is 35.1 Å². The number of ether oxygens (including phenoxy) is 1. The Morgan fingerprint density at radius 3 is 2.85 bits per heavy atom. The third kappa shape index (κ3) is 1.28. The van der Waals surface area contributed by atoms with Gasteiger partial charge in [0.1, 0.15) is 0 Å². The van der Waals surface area contributed by atoms with Crippen molar-refractivity contribution in [1.29, 1.82) is 0 Å². The van der Waals surface area contributed by atoms with Crippen LogP contribution in [0.5, 0.6) is 0 Å². The molecule has 0 spiro atoms. The van der Waals surface area contributed by atoms with Crippen molar-refractivity contribution in [3.63, 3.8) is 0 Å². The minimum absolute atomic E-state index is 0.330. The fourth-order valence-electron chi connectivity index (χ4n) is 1.21. The van der Waals surface area contributed by atoms with Crippen molar-refractivity contribution in [2.75, 3.05) is 7.11 Å². The number of benzene rings is 1. The van der Waals surface area contributed by atoms with Crippen molar-refractivity contribution in [3.05, 3.63) is 36.3 Å². The van der Waals surface area contributed by atoms with Gasteiger partial charge < -0.3 is 9.15 Å². The number of hydrogen-bond acceptors (Lipinski definition) is 3. The van der Waals surface area contributed by atoms with Crippen molar-refractivity contribution >= 4 is 16.7 Å². The van der Waals surface area contributed by atoms with Crippen molar-refractivity contribution < 1.29 is 13.9 Å². The molecular weight excluding hydrogens is 168 g/mol. The first kappa shape index (κ1) is 7.86. The molecule has 0 saturated heterocycles. The minimum atomic E-state index is -0.330. The lowest BCUT2D eigenvalue weighted by Crippen LogP contribution is -1.99. The molecule has 1 heterocycles. The highest BCUT2D eigenvalue weighted by atomic mass is 16.5. The zero-order chi connectivity index (χ0) is 9.26. The van der Waals surface area contributed by atoms with E-state index in [1.54, 1.807) is 24.7 Å². The van der Waals surface area contributed by atoms with Crippen molar-refractivity contribution in [2.24, 2.45) is 0 Å². The van der Waals surface area contributed by atoms with Crippen LogP contribution in [0, 0.1) is 0 Å². The maximum Gasteiger partial charge on any atom is 0.337 e. The van der Waals surface area contributed by atoms with Gasteiger partial charge in [0, 0.05) is 10.8 Å². The van der Waals surface area contributed by atoms with Crippen LogP contribution in [-0.4, -0.2) is 13.1 Å². The summed E-state index contributed by atoms with van der Waals surface area (Å²) in [6.07, 6.45) is 3.23. The lowest BCUT2D eigenvalue weighted by molar-refractivity contribution is 0.0601. The molecule has 0 fully saturated rings. The van der Waals surface area contributed by atoms with Crippen LogP contribution >= 0.6 is 0 Å². The zero-order valence-corrected chi connectivity index (χ0v) is 7.11. The second-order valence-corrected chi connectivity index (χ2v) is 2.71. The predicted molar refractivity (Wildman–Crippen MR) is 47.6 cm³/mol. The molecule has 0 amide bonds. The summed E-state index contributed by atoms with van der Waals surface area (Å²) in [5.74, 6) is -0.330. The van der Waals surface area contributed by atoms with Gasteiger partial charge in [-0.05, 0) is 12.1 Å². The van der Waals surface area contributed by atoms with E-state index >= 15 is 0 Å². The molecule has 3 nitrogen and oxygen atoms in total. The first-order valence-electron chi connectivity index (χ1n) is 3.85. The van der Waals surface area contributed by atoms with E-state index in [1.165, 1.54) is 7.11 Å². The van der Waals surface area contributed by atoms with Crippen molar-refractivity contribution in [1.82, 2.24) is 0 Å². The number of methoxy groups -OCH3 is 1. The summed E-state index contributed by atoms with van der Waals surface area (Å²) in [6, 6.07) is 5.28. The molecular formula is C10H8O3. The molecule has 0 aliphatic heterocycles. The maximum atomic E-state index is 11.1. The Bertz CT molecular complexity index is 442. The molecule has 13 heavy (non-hydrogen) atoms. The average Bonchev–Trinajstić information content (AvgIpc) is 2.63. The van der Waals surface area contributed by atoms with Gasteiger partial charge in [0.05, 0.1) is 25.2 Å². The molecule has 0 radical (unpaired) electrons. The molecule has 0 aliphatic carbocycles. The van der Waals surface area contributed by atoms with Crippen LogP contribution in [-0.2, 0) is 4.74 Å². The molecule has 1 aromatic carbocycles. The molecule has 0 bridgehead atoms. The lowest BCUT2D eigenvalue weighted by atomic mass is 10.1. The largest absolute Gasteiger partial charge is 0.471 e. The topological polar surface area (TPSA) is 39.4 Å². The quantitative estimate of drug-likeness (QED) is 0.625. The Labute approximate surface area is 74.9 Å². The van der Waals surface area contributed by atoms with E-state index in [-0.39, 0.29) is 5.97 Å². The lowest BCUT2D eigenvalue weighted by Gasteiger charge is -1.97. The zero-order valence-electron chi connectivity index (χ0n) is 7.11. The van der Waals surface area contributed by atoms with E-state index in [2.05, 4.69) is 4.74 Å². The summed E-state index contributed by atoms with van der Waals surface area (Å²) >= 11 is 0. The molecule has 0 atom stereocenters. The summed E-state index contributed by atoms with van der Waals surface area (Å²) < 4.78 is 9.57. The van der Waals surface area contributed by atoms with Crippen molar-refractivity contribution in [3.8, 4) is 0 Å². The Morgan fingerprint density at radius 1 is 1.31 bits per heavy atom. The summed E-state index contributed by atoms with van der Waals surface area (Å²) in [4.78, 5) is 11.1. The fourth-order valence-corrected chi connectivity index (χ4v) is 1.21. The number of furan rings is 1. The molecule has 66 valence electrons. The van der Waals surface area contributed by atoms with Gasteiger partial charge >= 0.3 is 5.97 Å². The van der Waals surface area contributed by atoms with Gasteiger partial charge in [0.2, 0.25) is 0 Å². The Balaban J connectivity index is 2.54. The molecule has 2 aromatic rings. The second-order valence-electron chi connectivity index (χ2n) is 2.71. The summed E-state index contributed by atoms with van der Waals surface area (Å²) in [5, 5.41) is 1.88.